The second kappa shape index (κ2) is 7.09. The first-order chi connectivity index (χ1) is 10.2. The normalized spacial score (nSPS) is 10.2. The predicted molar refractivity (Wildman–Crippen MR) is 78.7 cm³/mol. The van der Waals surface area contributed by atoms with Crippen LogP contribution in [0.5, 0.6) is 11.5 Å². The van der Waals surface area contributed by atoms with E-state index in [4.69, 9.17) is 21.1 Å². The van der Waals surface area contributed by atoms with Gasteiger partial charge in [-0.05, 0) is 31.2 Å². The van der Waals surface area contributed by atoms with Crippen LogP contribution in [-0.2, 0) is 6.61 Å². The molecular formula is C16H14ClFO3. The minimum Gasteiger partial charge on any atom is -0.490 e. The highest BCUT2D eigenvalue weighted by molar-refractivity contribution is 6.31. The van der Waals surface area contributed by atoms with E-state index in [0.29, 0.717) is 29.2 Å². The second-order valence-electron chi connectivity index (χ2n) is 4.26. The van der Waals surface area contributed by atoms with Gasteiger partial charge < -0.3 is 9.47 Å². The van der Waals surface area contributed by atoms with Crippen molar-refractivity contribution in [2.45, 2.75) is 13.5 Å². The Kier molecular flexibility index (Phi) is 5.17. The van der Waals surface area contributed by atoms with Crippen LogP contribution in [0.2, 0.25) is 5.02 Å². The zero-order chi connectivity index (χ0) is 15.2. The van der Waals surface area contributed by atoms with Gasteiger partial charge in [0.1, 0.15) is 18.7 Å². The average molecular weight is 309 g/mol. The highest BCUT2D eigenvalue weighted by Gasteiger charge is 2.10. The van der Waals surface area contributed by atoms with Crippen molar-refractivity contribution in [3.05, 3.63) is 58.4 Å². The number of aldehydes is 1. The van der Waals surface area contributed by atoms with Gasteiger partial charge in [-0.2, -0.15) is 0 Å². The monoisotopic (exact) mass is 308 g/mol. The van der Waals surface area contributed by atoms with Crippen molar-refractivity contribution in [1.82, 2.24) is 0 Å². The first-order valence-corrected chi connectivity index (χ1v) is 6.81. The number of benzene rings is 2. The van der Waals surface area contributed by atoms with Crippen LogP contribution in [0.3, 0.4) is 0 Å². The standard InChI is InChI=1S/C16H14ClFO3/c1-2-20-15-8-11(9-19)6-7-14(15)21-10-12-4-3-5-13(18)16(12)17/h3-9H,2,10H2,1H3. The molecule has 0 bridgehead atoms. The number of rotatable bonds is 6. The lowest BCUT2D eigenvalue weighted by atomic mass is 10.2. The van der Waals surface area contributed by atoms with E-state index in [9.17, 15) is 9.18 Å². The lowest BCUT2D eigenvalue weighted by molar-refractivity contribution is 0.112. The molecule has 0 heterocycles. The van der Waals surface area contributed by atoms with Crippen molar-refractivity contribution in [1.29, 1.82) is 0 Å². The molecule has 0 aliphatic carbocycles. The van der Waals surface area contributed by atoms with E-state index in [0.717, 1.165) is 6.29 Å². The van der Waals surface area contributed by atoms with Crippen molar-refractivity contribution in [2.24, 2.45) is 0 Å². The van der Waals surface area contributed by atoms with Crippen LogP contribution in [-0.4, -0.2) is 12.9 Å². The third-order valence-electron chi connectivity index (χ3n) is 2.82. The predicted octanol–water partition coefficient (Wildman–Crippen LogP) is 4.27. The summed E-state index contributed by atoms with van der Waals surface area (Å²) in [6.45, 7) is 2.39. The molecular weight excluding hydrogens is 295 g/mol. The first kappa shape index (κ1) is 15.3. The van der Waals surface area contributed by atoms with E-state index in [1.54, 1.807) is 30.3 Å². The molecule has 0 aliphatic heterocycles. The smallest absolute Gasteiger partial charge is 0.161 e. The van der Waals surface area contributed by atoms with Crippen LogP contribution in [0.15, 0.2) is 36.4 Å². The molecule has 0 radical (unpaired) electrons. The van der Waals surface area contributed by atoms with Gasteiger partial charge in [-0.15, -0.1) is 0 Å². The van der Waals surface area contributed by atoms with E-state index in [-0.39, 0.29) is 11.6 Å². The van der Waals surface area contributed by atoms with E-state index in [1.165, 1.54) is 6.07 Å². The Labute approximate surface area is 127 Å². The molecule has 0 saturated carbocycles. The van der Waals surface area contributed by atoms with Gasteiger partial charge in [-0.3, -0.25) is 4.79 Å². The molecule has 2 aromatic carbocycles. The molecule has 0 unspecified atom stereocenters. The van der Waals surface area contributed by atoms with E-state index >= 15 is 0 Å². The molecule has 0 aromatic heterocycles. The van der Waals surface area contributed by atoms with Gasteiger partial charge >= 0.3 is 0 Å². The molecule has 0 atom stereocenters. The SMILES string of the molecule is CCOc1cc(C=O)ccc1OCc1cccc(F)c1Cl. The maximum absolute atomic E-state index is 13.4. The molecule has 0 fully saturated rings. The molecule has 5 heteroatoms. The summed E-state index contributed by atoms with van der Waals surface area (Å²) in [4.78, 5) is 10.8. The Morgan fingerprint density at radius 1 is 1.19 bits per heavy atom. The summed E-state index contributed by atoms with van der Waals surface area (Å²) in [5, 5.41) is 0.0416. The Bertz CT molecular complexity index is 643. The fourth-order valence-electron chi connectivity index (χ4n) is 1.80. The molecule has 3 nitrogen and oxygen atoms in total. The van der Waals surface area contributed by atoms with Gasteiger partial charge in [0.05, 0.1) is 11.6 Å². The van der Waals surface area contributed by atoms with Gasteiger partial charge in [-0.1, -0.05) is 23.7 Å². The minimum atomic E-state index is -0.487. The van der Waals surface area contributed by atoms with Crippen molar-refractivity contribution < 1.29 is 18.7 Å². The summed E-state index contributed by atoms with van der Waals surface area (Å²) in [5.41, 5.74) is 1.04. The molecule has 0 N–H and O–H groups in total. The van der Waals surface area contributed by atoms with E-state index < -0.39 is 5.82 Å². The van der Waals surface area contributed by atoms with Crippen molar-refractivity contribution in [2.75, 3.05) is 6.61 Å². The van der Waals surface area contributed by atoms with Crippen LogP contribution in [0.25, 0.3) is 0 Å². The lowest BCUT2D eigenvalue weighted by Crippen LogP contribution is -2.01. The number of carbonyl (C=O) groups is 1. The van der Waals surface area contributed by atoms with E-state index in [1.807, 2.05) is 6.92 Å². The van der Waals surface area contributed by atoms with E-state index in [2.05, 4.69) is 0 Å². The van der Waals surface area contributed by atoms with Crippen LogP contribution in [0.4, 0.5) is 4.39 Å². The van der Waals surface area contributed by atoms with Gasteiger partial charge in [0.25, 0.3) is 0 Å². The first-order valence-electron chi connectivity index (χ1n) is 6.43. The molecule has 21 heavy (non-hydrogen) atoms. The van der Waals surface area contributed by atoms with Gasteiger partial charge in [0.15, 0.2) is 11.5 Å². The lowest BCUT2D eigenvalue weighted by Gasteiger charge is -2.13. The number of halogens is 2. The van der Waals surface area contributed by atoms with Crippen molar-refractivity contribution >= 4 is 17.9 Å². The van der Waals surface area contributed by atoms with Gasteiger partial charge in [0.2, 0.25) is 0 Å². The van der Waals surface area contributed by atoms with Gasteiger partial charge in [0, 0.05) is 11.1 Å². The topological polar surface area (TPSA) is 35.5 Å². The van der Waals surface area contributed by atoms with Crippen LogP contribution in [0, 0.1) is 5.82 Å². The fourth-order valence-corrected chi connectivity index (χ4v) is 1.98. The highest BCUT2D eigenvalue weighted by Crippen LogP contribution is 2.30. The quantitative estimate of drug-likeness (QED) is 0.748. The Balaban J connectivity index is 2.19. The van der Waals surface area contributed by atoms with Crippen LogP contribution >= 0.6 is 11.6 Å². The molecule has 0 aliphatic rings. The zero-order valence-electron chi connectivity index (χ0n) is 11.4. The summed E-state index contributed by atoms with van der Waals surface area (Å²) in [6.07, 6.45) is 0.732. The average Bonchev–Trinajstić information content (AvgIpc) is 2.50. The summed E-state index contributed by atoms with van der Waals surface area (Å²) < 4.78 is 24.4. The van der Waals surface area contributed by atoms with Crippen molar-refractivity contribution in [3.63, 3.8) is 0 Å². The summed E-state index contributed by atoms with van der Waals surface area (Å²) in [7, 11) is 0. The fraction of sp³-hybridized carbons (Fsp3) is 0.188. The van der Waals surface area contributed by atoms with Gasteiger partial charge in [-0.25, -0.2) is 4.39 Å². The van der Waals surface area contributed by atoms with Crippen molar-refractivity contribution in [3.8, 4) is 11.5 Å². The summed E-state index contributed by atoms with van der Waals surface area (Å²) >= 11 is 5.88. The molecule has 2 aromatic rings. The summed E-state index contributed by atoms with van der Waals surface area (Å²) in [6, 6.07) is 9.40. The number of hydrogen-bond acceptors (Lipinski definition) is 3. The zero-order valence-corrected chi connectivity index (χ0v) is 12.2. The summed E-state index contributed by atoms with van der Waals surface area (Å²) in [5.74, 6) is 0.455. The van der Waals surface area contributed by atoms with Crippen LogP contribution < -0.4 is 9.47 Å². The molecule has 0 amide bonds. The largest absolute Gasteiger partial charge is 0.490 e. The third-order valence-corrected chi connectivity index (χ3v) is 3.24. The molecule has 0 saturated heterocycles. The Morgan fingerprint density at radius 3 is 2.71 bits per heavy atom. The minimum absolute atomic E-state index is 0.0416. The Morgan fingerprint density at radius 2 is 2.00 bits per heavy atom. The number of carbonyl (C=O) groups excluding carboxylic acids is 1. The number of hydrogen-bond donors (Lipinski definition) is 0. The molecule has 0 spiro atoms. The highest BCUT2D eigenvalue weighted by atomic mass is 35.5. The Hall–Kier alpha value is -2.07. The van der Waals surface area contributed by atoms with Crippen LogP contribution in [0.1, 0.15) is 22.8 Å². The number of ether oxygens (including phenoxy) is 2. The molecule has 110 valence electrons. The molecule has 2 rings (SSSR count). The second-order valence-corrected chi connectivity index (χ2v) is 4.64. The maximum atomic E-state index is 13.4. The maximum Gasteiger partial charge on any atom is 0.161 e. The third kappa shape index (κ3) is 3.73.